The molecular formula is C15H21ClO3. The Hall–Kier alpha value is -1.22. The molecule has 0 aliphatic heterocycles. The minimum absolute atomic E-state index is 0.509. The zero-order chi connectivity index (χ0) is 14.3. The molecule has 0 amide bonds. The van der Waals surface area contributed by atoms with E-state index in [9.17, 15) is 9.90 Å². The second-order valence-electron chi connectivity index (χ2n) is 4.70. The third-order valence-corrected chi connectivity index (χ3v) is 3.91. The molecule has 0 unspecified atom stereocenters. The highest BCUT2D eigenvalue weighted by Gasteiger charge is 2.33. The van der Waals surface area contributed by atoms with E-state index in [1.165, 1.54) is 0 Å². The summed E-state index contributed by atoms with van der Waals surface area (Å²) < 4.78 is 5.57. The molecule has 1 aromatic rings. The van der Waals surface area contributed by atoms with Crippen molar-refractivity contribution in [3.63, 3.8) is 0 Å². The summed E-state index contributed by atoms with van der Waals surface area (Å²) in [6, 6.07) is 7.22. The fraction of sp³-hybridized carbons (Fsp3) is 0.533. The van der Waals surface area contributed by atoms with Crippen molar-refractivity contribution in [1.82, 2.24) is 0 Å². The van der Waals surface area contributed by atoms with Gasteiger partial charge in [-0.25, -0.2) is 0 Å². The van der Waals surface area contributed by atoms with Crippen LogP contribution < -0.4 is 4.74 Å². The van der Waals surface area contributed by atoms with Crippen molar-refractivity contribution < 1.29 is 14.6 Å². The van der Waals surface area contributed by atoms with Crippen molar-refractivity contribution >= 4 is 17.6 Å². The van der Waals surface area contributed by atoms with Gasteiger partial charge in [-0.1, -0.05) is 31.5 Å². The largest absolute Gasteiger partial charge is 0.494 e. The average Bonchev–Trinajstić information content (AvgIpc) is 2.39. The minimum atomic E-state index is -0.708. The van der Waals surface area contributed by atoms with Crippen LogP contribution >= 0.6 is 11.6 Å². The maximum absolute atomic E-state index is 11.3. The third kappa shape index (κ3) is 4.43. The SMILES string of the molecule is CCC(CC)(CCCOc1cccc(Cl)c1)C(=O)O. The quantitative estimate of drug-likeness (QED) is 0.720. The summed E-state index contributed by atoms with van der Waals surface area (Å²) in [5.74, 6) is 0.0154. The van der Waals surface area contributed by atoms with E-state index in [2.05, 4.69) is 0 Å². The molecule has 1 aromatic carbocycles. The summed E-state index contributed by atoms with van der Waals surface area (Å²) in [5.41, 5.74) is -0.613. The Kier molecular flexibility index (Phi) is 6.16. The fourth-order valence-electron chi connectivity index (χ4n) is 2.17. The van der Waals surface area contributed by atoms with Crippen LogP contribution in [-0.2, 0) is 4.79 Å². The number of carboxylic acid groups (broad SMARTS) is 1. The molecule has 0 bridgehead atoms. The molecule has 0 radical (unpaired) electrons. The molecule has 4 heteroatoms. The molecule has 0 fully saturated rings. The van der Waals surface area contributed by atoms with Gasteiger partial charge in [-0.15, -0.1) is 0 Å². The van der Waals surface area contributed by atoms with Gasteiger partial charge in [0, 0.05) is 5.02 Å². The van der Waals surface area contributed by atoms with Crippen LogP contribution in [0.2, 0.25) is 5.02 Å². The summed E-state index contributed by atoms with van der Waals surface area (Å²) in [6.07, 6.45) is 2.66. The van der Waals surface area contributed by atoms with E-state index in [1.807, 2.05) is 26.0 Å². The molecule has 1 N–H and O–H groups in total. The van der Waals surface area contributed by atoms with Crippen molar-refractivity contribution in [2.24, 2.45) is 5.41 Å². The van der Waals surface area contributed by atoms with Crippen LogP contribution in [0.15, 0.2) is 24.3 Å². The molecule has 3 nitrogen and oxygen atoms in total. The lowest BCUT2D eigenvalue weighted by atomic mass is 9.78. The Morgan fingerprint density at radius 1 is 1.37 bits per heavy atom. The zero-order valence-electron chi connectivity index (χ0n) is 11.5. The van der Waals surface area contributed by atoms with Gasteiger partial charge in [0.1, 0.15) is 5.75 Å². The highest BCUT2D eigenvalue weighted by Crippen LogP contribution is 2.32. The van der Waals surface area contributed by atoms with Crippen molar-refractivity contribution in [2.45, 2.75) is 39.5 Å². The predicted octanol–water partition coefficient (Wildman–Crippen LogP) is 4.39. The number of hydrogen-bond donors (Lipinski definition) is 1. The van der Waals surface area contributed by atoms with Crippen molar-refractivity contribution in [1.29, 1.82) is 0 Å². The van der Waals surface area contributed by atoms with Gasteiger partial charge < -0.3 is 9.84 Å². The van der Waals surface area contributed by atoms with Gasteiger partial charge in [-0.2, -0.15) is 0 Å². The number of carboxylic acids is 1. The molecule has 106 valence electrons. The van der Waals surface area contributed by atoms with Gasteiger partial charge in [-0.3, -0.25) is 4.79 Å². The Labute approximate surface area is 119 Å². The topological polar surface area (TPSA) is 46.5 Å². The van der Waals surface area contributed by atoms with Crippen LogP contribution in [0.4, 0.5) is 0 Å². The van der Waals surface area contributed by atoms with Gasteiger partial charge in [-0.05, 0) is 43.9 Å². The fourth-order valence-corrected chi connectivity index (χ4v) is 2.35. The van der Waals surface area contributed by atoms with E-state index < -0.39 is 11.4 Å². The molecular weight excluding hydrogens is 264 g/mol. The number of hydrogen-bond acceptors (Lipinski definition) is 2. The first-order valence-electron chi connectivity index (χ1n) is 6.66. The van der Waals surface area contributed by atoms with E-state index in [0.717, 1.165) is 12.2 Å². The first-order chi connectivity index (χ1) is 9.04. The summed E-state index contributed by atoms with van der Waals surface area (Å²) in [4.78, 5) is 11.3. The Bertz CT molecular complexity index is 414. The Morgan fingerprint density at radius 2 is 2.05 bits per heavy atom. The first-order valence-corrected chi connectivity index (χ1v) is 7.03. The van der Waals surface area contributed by atoms with Gasteiger partial charge in [0.2, 0.25) is 0 Å². The van der Waals surface area contributed by atoms with Crippen LogP contribution in [0.5, 0.6) is 5.75 Å². The number of benzene rings is 1. The molecule has 0 aromatic heterocycles. The molecule has 0 saturated carbocycles. The van der Waals surface area contributed by atoms with Gasteiger partial charge >= 0.3 is 5.97 Å². The monoisotopic (exact) mass is 284 g/mol. The van der Waals surface area contributed by atoms with Gasteiger partial charge in [0.15, 0.2) is 0 Å². The standard InChI is InChI=1S/C15H21ClO3/c1-3-15(4-2,14(17)18)9-6-10-19-13-8-5-7-12(16)11-13/h5,7-8,11H,3-4,6,9-10H2,1-2H3,(H,17,18). The molecule has 0 spiro atoms. The highest BCUT2D eigenvalue weighted by atomic mass is 35.5. The van der Waals surface area contributed by atoms with Crippen molar-refractivity contribution in [3.05, 3.63) is 29.3 Å². The highest BCUT2D eigenvalue weighted by molar-refractivity contribution is 6.30. The maximum Gasteiger partial charge on any atom is 0.309 e. The number of carbonyl (C=O) groups is 1. The third-order valence-electron chi connectivity index (χ3n) is 3.67. The lowest BCUT2D eigenvalue weighted by Gasteiger charge is -2.26. The zero-order valence-corrected chi connectivity index (χ0v) is 12.2. The maximum atomic E-state index is 11.3. The predicted molar refractivity (Wildman–Crippen MR) is 76.8 cm³/mol. The minimum Gasteiger partial charge on any atom is -0.494 e. The molecule has 0 saturated heterocycles. The van der Waals surface area contributed by atoms with Crippen LogP contribution in [0, 0.1) is 5.41 Å². The molecule has 0 aliphatic carbocycles. The second-order valence-corrected chi connectivity index (χ2v) is 5.14. The van der Waals surface area contributed by atoms with Gasteiger partial charge in [0.05, 0.1) is 12.0 Å². The summed E-state index contributed by atoms with van der Waals surface area (Å²) in [6.45, 7) is 4.36. The van der Waals surface area contributed by atoms with E-state index in [4.69, 9.17) is 16.3 Å². The molecule has 1 rings (SSSR count). The van der Waals surface area contributed by atoms with E-state index in [-0.39, 0.29) is 0 Å². The van der Waals surface area contributed by atoms with Crippen LogP contribution in [0.25, 0.3) is 0 Å². The molecule has 19 heavy (non-hydrogen) atoms. The number of rotatable bonds is 8. The second kappa shape index (κ2) is 7.39. The summed E-state index contributed by atoms with van der Waals surface area (Å²) >= 11 is 5.86. The van der Waals surface area contributed by atoms with E-state index in [1.54, 1.807) is 12.1 Å². The summed E-state index contributed by atoms with van der Waals surface area (Å²) in [5, 5.41) is 9.96. The normalized spacial score (nSPS) is 11.3. The van der Waals surface area contributed by atoms with E-state index in [0.29, 0.717) is 30.9 Å². The molecule has 0 atom stereocenters. The first kappa shape index (κ1) is 15.8. The van der Waals surface area contributed by atoms with Crippen LogP contribution in [0.1, 0.15) is 39.5 Å². The molecule has 0 heterocycles. The lowest BCUT2D eigenvalue weighted by Crippen LogP contribution is -2.30. The van der Waals surface area contributed by atoms with Crippen LogP contribution in [-0.4, -0.2) is 17.7 Å². The van der Waals surface area contributed by atoms with Crippen LogP contribution in [0.3, 0.4) is 0 Å². The number of halogens is 1. The van der Waals surface area contributed by atoms with E-state index >= 15 is 0 Å². The van der Waals surface area contributed by atoms with Crippen molar-refractivity contribution in [3.8, 4) is 5.75 Å². The molecule has 0 aliphatic rings. The smallest absolute Gasteiger partial charge is 0.309 e. The summed E-state index contributed by atoms with van der Waals surface area (Å²) in [7, 11) is 0. The lowest BCUT2D eigenvalue weighted by molar-refractivity contribution is -0.150. The average molecular weight is 285 g/mol. The Morgan fingerprint density at radius 3 is 2.58 bits per heavy atom. The number of aliphatic carboxylic acids is 1. The van der Waals surface area contributed by atoms with Gasteiger partial charge in [0.25, 0.3) is 0 Å². The Balaban J connectivity index is 2.43. The van der Waals surface area contributed by atoms with Crippen molar-refractivity contribution in [2.75, 3.05) is 6.61 Å². The number of ether oxygens (including phenoxy) is 1.